The first-order valence-corrected chi connectivity index (χ1v) is 11.5. The SMILES string of the molecule is Cc1cc(C)nc(-n2nc(C)cc2NC(=O)COC(=O)c2sc(-c3ccc(Cl)cc3)nc2C)n1. The number of rotatable bonds is 6. The topological polar surface area (TPSA) is 112 Å². The van der Waals surface area contributed by atoms with E-state index in [0.29, 0.717) is 38.1 Å². The highest BCUT2D eigenvalue weighted by molar-refractivity contribution is 7.17. The summed E-state index contributed by atoms with van der Waals surface area (Å²) in [7, 11) is 0. The molecule has 3 heterocycles. The number of anilines is 1. The van der Waals surface area contributed by atoms with Gasteiger partial charge in [-0.05, 0) is 45.9 Å². The van der Waals surface area contributed by atoms with E-state index in [2.05, 4.69) is 25.4 Å². The molecule has 4 aromatic rings. The molecule has 4 rings (SSSR count). The fraction of sp³-hybridized carbons (Fsp3) is 0.217. The van der Waals surface area contributed by atoms with Gasteiger partial charge in [0.25, 0.3) is 11.9 Å². The normalized spacial score (nSPS) is 10.9. The number of carbonyl (C=O) groups excluding carboxylic acids is 2. The molecule has 0 aliphatic rings. The molecule has 0 bridgehead atoms. The van der Waals surface area contributed by atoms with E-state index in [1.807, 2.05) is 32.0 Å². The molecule has 34 heavy (non-hydrogen) atoms. The van der Waals surface area contributed by atoms with Gasteiger partial charge in [-0.3, -0.25) is 4.79 Å². The number of amides is 1. The van der Waals surface area contributed by atoms with Crippen molar-refractivity contribution in [3.63, 3.8) is 0 Å². The fourth-order valence-electron chi connectivity index (χ4n) is 3.22. The van der Waals surface area contributed by atoms with Gasteiger partial charge >= 0.3 is 5.97 Å². The summed E-state index contributed by atoms with van der Waals surface area (Å²) in [6, 6.07) is 10.7. The lowest BCUT2D eigenvalue weighted by molar-refractivity contribution is -0.119. The molecule has 1 aromatic carbocycles. The number of benzene rings is 1. The minimum absolute atomic E-state index is 0.335. The molecule has 0 unspecified atom stereocenters. The first-order chi connectivity index (χ1) is 16.2. The van der Waals surface area contributed by atoms with Crippen LogP contribution in [0.15, 0.2) is 36.4 Å². The van der Waals surface area contributed by atoms with E-state index in [1.165, 1.54) is 16.0 Å². The molecule has 0 spiro atoms. The quantitative estimate of drug-likeness (QED) is 0.392. The smallest absolute Gasteiger partial charge is 0.350 e. The van der Waals surface area contributed by atoms with E-state index in [0.717, 1.165) is 17.0 Å². The molecule has 9 nitrogen and oxygen atoms in total. The van der Waals surface area contributed by atoms with Crippen LogP contribution < -0.4 is 5.32 Å². The number of nitrogens with zero attached hydrogens (tertiary/aromatic N) is 5. The van der Waals surface area contributed by atoms with Gasteiger partial charge in [0.15, 0.2) is 6.61 Å². The van der Waals surface area contributed by atoms with Gasteiger partial charge in [0.2, 0.25) is 0 Å². The van der Waals surface area contributed by atoms with Crippen LogP contribution in [0.2, 0.25) is 5.02 Å². The number of carbonyl (C=O) groups is 2. The van der Waals surface area contributed by atoms with Crippen LogP contribution in [0.3, 0.4) is 0 Å². The number of hydrogen-bond donors (Lipinski definition) is 1. The van der Waals surface area contributed by atoms with Crippen LogP contribution in [0.1, 0.15) is 32.4 Å². The van der Waals surface area contributed by atoms with E-state index in [9.17, 15) is 9.59 Å². The molecule has 174 valence electrons. The summed E-state index contributed by atoms with van der Waals surface area (Å²) in [6.07, 6.45) is 0. The summed E-state index contributed by atoms with van der Waals surface area (Å²) in [5.74, 6) is -0.415. The monoisotopic (exact) mass is 496 g/mol. The largest absolute Gasteiger partial charge is 0.451 e. The highest BCUT2D eigenvalue weighted by Gasteiger charge is 2.20. The third kappa shape index (κ3) is 5.29. The van der Waals surface area contributed by atoms with Crippen molar-refractivity contribution in [2.45, 2.75) is 27.7 Å². The number of halogens is 1. The molecular weight excluding hydrogens is 476 g/mol. The fourth-order valence-corrected chi connectivity index (χ4v) is 4.31. The van der Waals surface area contributed by atoms with Crippen molar-refractivity contribution in [3.05, 3.63) is 69.1 Å². The zero-order valence-corrected chi connectivity index (χ0v) is 20.5. The van der Waals surface area contributed by atoms with E-state index >= 15 is 0 Å². The van der Waals surface area contributed by atoms with Crippen LogP contribution in [0, 0.1) is 27.7 Å². The summed E-state index contributed by atoms with van der Waals surface area (Å²) in [4.78, 5) is 38.7. The number of nitrogens with one attached hydrogen (secondary N) is 1. The predicted octanol–water partition coefficient (Wildman–Crippen LogP) is 4.47. The summed E-state index contributed by atoms with van der Waals surface area (Å²) in [5, 5.41) is 8.35. The second-order valence-corrected chi connectivity index (χ2v) is 9.03. The van der Waals surface area contributed by atoms with Crippen LogP contribution in [0.25, 0.3) is 16.5 Å². The Kier molecular flexibility index (Phi) is 6.71. The lowest BCUT2D eigenvalue weighted by atomic mass is 10.2. The van der Waals surface area contributed by atoms with Crippen molar-refractivity contribution in [3.8, 4) is 16.5 Å². The van der Waals surface area contributed by atoms with Gasteiger partial charge in [-0.2, -0.15) is 9.78 Å². The molecule has 1 amide bonds. The van der Waals surface area contributed by atoms with Gasteiger partial charge in [0.05, 0.1) is 11.4 Å². The third-order valence-corrected chi connectivity index (χ3v) is 6.10. The Morgan fingerprint density at radius 2 is 1.68 bits per heavy atom. The molecule has 0 saturated heterocycles. The molecule has 0 saturated carbocycles. The Hall–Kier alpha value is -3.63. The second kappa shape index (κ2) is 9.70. The Balaban J connectivity index is 1.43. The zero-order chi connectivity index (χ0) is 24.4. The van der Waals surface area contributed by atoms with Crippen molar-refractivity contribution >= 4 is 40.6 Å². The molecule has 0 fully saturated rings. The summed E-state index contributed by atoms with van der Waals surface area (Å²) in [6.45, 7) is 6.75. The number of aromatic nitrogens is 5. The van der Waals surface area contributed by atoms with Gasteiger partial charge in [-0.25, -0.2) is 19.7 Å². The summed E-state index contributed by atoms with van der Waals surface area (Å²) < 4.78 is 6.68. The first-order valence-electron chi connectivity index (χ1n) is 10.3. The molecule has 0 aliphatic heterocycles. The lowest BCUT2D eigenvalue weighted by Crippen LogP contribution is -2.22. The second-order valence-electron chi connectivity index (χ2n) is 7.60. The van der Waals surface area contributed by atoms with E-state index in [4.69, 9.17) is 16.3 Å². The molecule has 0 atom stereocenters. The van der Waals surface area contributed by atoms with E-state index < -0.39 is 18.5 Å². The highest BCUT2D eigenvalue weighted by atomic mass is 35.5. The molecule has 0 radical (unpaired) electrons. The Morgan fingerprint density at radius 1 is 1.00 bits per heavy atom. The van der Waals surface area contributed by atoms with Gasteiger partial charge < -0.3 is 10.1 Å². The van der Waals surface area contributed by atoms with E-state index in [-0.39, 0.29) is 0 Å². The first kappa shape index (κ1) is 23.5. The molecule has 0 aliphatic carbocycles. The molecule has 1 N–H and O–H groups in total. The molecule has 11 heteroatoms. The Bertz CT molecular complexity index is 1360. The number of ether oxygens (including phenoxy) is 1. The lowest BCUT2D eigenvalue weighted by Gasteiger charge is -2.09. The van der Waals surface area contributed by atoms with Crippen LogP contribution >= 0.6 is 22.9 Å². The maximum Gasteiger partial charge on any atom is 0.350 e. The van der Waals surface area contributed by atoms with Crippen molar-refractivity contribution in [2.24, 2.45) is 0 Å². The predicted molar refractivity (Wildman–Crippen MR) is 130 cm³/mol. The van der Waals surface area contributed by atoms with Crippen molar-refractivity contribution in [1.29, 1.82) is 0 Å². The van der Waals surface area contributed by atoms with Crippen molar-refractivity contribution in [1.82, 2.24) is 24.7 Å². The zero-order valence-electron chi connectivity index (χ0n) is 18.9. The number of hydrogen-bond acceptors (Lipinski definition) is 8. The van der Waals surface area contributed by atoms with Crippen molar-refractivity contribution < 1.29 is 14.3 Å². The highest BCUT2D eigenvalue weighted by Crippen LogP contribution is 2.29. The van der Waals surface area contributed by atoms with Gasteiger partial charge in [-0.1, -0.05) is 23.7 Å². The maximum absolute atomic E-state index is 12.6. The van der Waals surface area contributed by atoms with Crippen LogP contribution in [-0.2, 0) is 9.53 Å². The molecule has 3 aromatic heterocycles. The maximum atomic E-state index is 12.6. The van der Waals surface area contributed by atoms with Gasteiger partial charge in [-0.15, -0.1) is 11.3 Å². The minimum Gasteiger partial charge on any atom is -0.451 e. The third-order valence-electron chi connectivity index (χ3n) is 4.67. The number of esters is 1. The number of thiazole rings is 1. The average Bonchev–Trinajstić information content (AvgIpc) is 3.34. The Morgan fingerprint density at radius 3 is 2.35 bits per heavy atom. The van der Waals surface area contributed by atoms with Gasteiger partial charge in [0.1, 0.15) is 15.7 Å². The standard InChI is InChI=1S/C23H21ClN6O3S/c1-12-9-13(2)26-23(25-12)30-18(10-14(3)29-30)28-19(31)11-33-22(32)20-15(4)27-21(34-20)16-5-7-17(24)8-6-16/h5-10H,11H2,1-4H3,(H,28,31). The minimum atomic E-state index is -0.618. The van der Waals surface area contributed by atoms with E-state index in [1.54, 1.807) is 32.0 Å². The van der Waals surface area contributed by atoms with Gasteiger partial charge in [0, 0.05) is 28.0 Å². The summed E-state index contributed by atoms with van der Waals surface area (Å²) in [5.41, 5.74) is 3.59. The van der Waals surface area contributed by atoms with Crippen molar-refractivity contribution in [2.75, 3.05) is 11.9 Å². The Labute approximate surface area is 204 Å². The summed E-state index contributed by atoms with van der Waals surface area (Å²) >= 11 is 7.13. The molecular formula is C23H21ClN6O3S. The van der Waals surface area contributed by atoms with Crippen LogP contribution in [-0.4, -0.2) is 43.2 Å². The average molecular weight is 497 g/mol. The van der Waals surface area contributed by atoms with Crippen LogP contribution in [0.5, 0.6) is 0 Å². The van der Waals surface area contributed by atoms with Crippen LogP contribution in [0.4, 0.5) is 5.82 Å². The number of aryl methyl sites for hydroxylation is 4.